The van der Waals surface area contributed by atoms with E-state index in [1.807, 2.05) is 53.5 Å². The number of carbonyl (C=O) groups excluding carboxylic acids is 1. The second-order valence-electron chi connectivity index (χ2n) is 9.51. The molecule has 0 aliphatic carbocycles. The molecular weight excluding hydrogens is 464 g/mol. The van der Waals surface area contributed by atoms with E-state index in [1.165, 1.54) is 11.1 Å². The summed E-state index contributed by atoms with van der Waals surface area (Å²) in [4.78, 5) is 24.3. The van der Waals surface area contributed by atoms with Crippen LogP contribution in [0.4, 0.5) is 5.82 Å². The average Bonchev–Trinajstić information content (AvgIpc) is 3.55. The first-order chi connectivity index (χ1) is 18.1. The highest BCUT2D eigenvalue weighted by atomic mass is 16.1. The molecule has 0 radical (unpaired) electrons. The Labute approximate surface area is 214 Å². The summed E-state index contributed by atoms with van der Waals surface area (Å²) in [5.74, 6) is 0.697. The van der Waals surface area contributed by atoms with Gasteiger partial charge >= 0.3 is 0 Å². The van der Waals surface area contributed by atoms with E-state index in [0.29, 0.717) is 22.9 Å². The molecule has 37 heavy (non-hydrogen) atoms. The summed E-state index contributed by atoms with van der Waals surface area (Å²) in [6, 6.07) is 16.0. The third kappa shape index (κ3) is 4.85. The van der Waals surface area contributed by atoms with Crippen molar-refractivity contribution < 1.29 is 4.79 Å². The number of nitrogens with one attached hydrogen (secondary N) is 1. The molecule has 6 rings (SSSR count). The zero-order chi connectivity index (χ0) is 25.2. The number of carbonyl (C=O) groups is 1. The second kappa shape index (κ2) is 9.94. The maximum absolute atomic E-state index is 13.3. The smallest absolute Gasteiger partial charge is 0.262 e. The molecule has 1 saturated heterocycles. The Morgan fingerprint density at radius 2 is 1.89 bits per heavy atom. The normalized spacial score (nSPS) is 14.7. The topological polar surface area (TPSA) is 93.2 Å². The van der Waals surface area contributed by atoms with Crippen LogP contribution in [-0.2, 0) is 6.54 Å². The number of fused-ring (bicyclic) bond motifs is 1. The van der Waals surface area contributed by atoms with Gasteiger partial charge in [0.2, 0.25) is 0 Å². The minimum atomic E-state index is -0.264. The Morgan fingerprint density at radius 1 is 1.05 bits per heavy atom. The van der Waals surface area contributed by atoms with Crippen molar-refractivity contribution in [3.63, 3.8) is 0 Å². The first-order valence-corrected chi connectivity index (χ1v) is 12.5. The summed E-state index contributed by atoms with van der Waals surface area (Å²) < 4.78 is 3.42. The van der Waals surface area contributed by atoms with Crippen molar-refractivity contribution in [2.24, 2.45) is 0 Å². The summed E-state index contributed by atoms with van der Waals surface area (Å²) in [6.45, 7) is 4.95. The van der Waals surface area contributed by atoms with E-state index < -0.39 is 0 Å². The van der Waals surface area contributed by atoms with Crippen LogP contribution in [0.25, 0.3) is 11.3 Å². The van der Waals surface area contributed by atoms with E-state index in [-0.39, 0.29) is 5.91 Å². The molecule has 5 aromatic rings. The number of hydrogen-bond acceptors (Lipinski definition) is 6. The van der Waals surface area contributed by atoms with Crippen molar-refractivity contribution in [2.75, 3.05) is 18.4 Å². The number of piperidine rings is 1. The lowest BCUT2D eigenvalue weighted by Gasteiger charge is -2.31. The third-order valence-electron chi connectivity index (χ3n) is 6.91. The summed E-state index contributed by atoms with van der Waals surface area (Å²) in [5.41, 5.74) is 5.23. The number of likely N-dealkylation sites (tertiary alicyclic amines) is 1. The molecule has 9 nitrogen and oxygen atoms in total. The molecule has 5 heterocycles. The van der Waals surface area contributed by atoms with Crippen LogP contribution in [0, 0.1) is 6.92 Å². The van der Waals surface area contributed by atoms with Crippen molar-refractivity contribution >= 4 is 17.4 Å². The second-order valence-corrected chi connectivity index (χ2v) is 9.51. The molecule has 0 unspecified atom stereocenters. The van der Waals surface area contributed by atoms with Gasteiger partial charge in [-0.15, -0.1) is 0 Å². The van der Waals surface area contributed by atoms with Crippen LogP contribution < -0.4 is 5.32 Å². The molecule has 1 aliphatic heterocycles. The van der Waals surface area contributed by atoms with E-state index in [0.717, 1.165) is 43.9 Å². The third-order valence-corrected chi connectivity index (χ3v) is 6.91. The van der Waals surface area contributed by atoms with Gasteiger partial charge in [-0.3, -0.25) is 14.7 Å². The van der Waals surface area contributed by atoms with Crippen molar-refractivity contribution in [3.05, 3.63) is 102 Å². The van der Waals surface area contributed by atoms with E-state index in [2.05, 4.69) is 38.3 Å². The molecular formula is C28H28N8O. The number of benzene rings is 1. The molecule has 1 N–H and O–H groups in total. The lowest BCUT2D eigenvalue weighted by Crippen LogP contribution is -2.32. The van der Waals surface area contributed by atoms with E-state index in [9.17, 15) is 4.79 Å². The highest BCUT2D eigenvalue weighted by Gasteiger charge is 2.25. The summed E-state index contributed by atoms with van der Waals surface area (Å²) in [5, 5.41) is 12.3. The standard InChI is InChI=1S/C28H28N8O/c1-20-5-7-23(8-6-20)36-26(32-28(37)24-18-31-35-13-3-12-30-27(24)35)16-25(33-36)22-9-14-34(15-10-22)19-21-4-2-11-29-17-21/h2-8,11-13,16-18,22H,9-10,14-15,19H2,1H3,(H,32,37). The number of nitrogens with zero attached hydrogens (tertiary/aromatic N) is 7. The van der Waals surface area contributed by atoms with Crippen molar-refractivity contribution in [2.45, 2.75) is 32.2 Å². The molecule has 0 bridgehead atoms. The summed E-state index contributed by atoms with van der Waals surface area (Å²) in [7, 11) is 0. The number of aromatic nitrogens is 6. The lowest BCUT2D eigenvalue weighted by atomic mass is 9.93. The maximum Gasteiger partial charge on any atom is 0.262 e. The first kappa shape index (κ1) is 23.1. The molecule has 9 heteroatoms. The number of amides is 1. The fourth-order valence-corrected chi connectivity index (χ4v) is 4.88. The molecule has 0 spiro atoms. The largest absolute Gasteiger partial charge is 0.306 e. The number of rotatable bonds is 6. The molecule has 4 aromatic heterocycles. The minimum absolute atomic E-state index is 0.264. The van der Waals surface area contributed by atoms with Crippen molar-refractivity contribution in [1.29, 1.82) is 0 Å². The van der Waals surface area contributed by atoms with Gasteiger partial charge in [0.15, 0.2) is 5.65 Å². The van der Waals surface area contributed by atoms with Crippen molar-refractivity contribution in [1.82, 2.24) is 34.3 Å². The van der Waals surface area contributed by atoms with E-state index in [4.69, 9.17) is 5.10 Å². The van der Waals surface area contributed by atoms with Gasteiger partial charge in [0.1, 0.15) is 11.4 Å². The fourth-order valence-electron chi connectivity index (χ4n) is 4.88. The van der Waals surface area contributed by atoms with Crippen LogP contribution in [0.3, 0.4) is 0 Å². The molecule has 1 fully saturated rings. The van der Waals surface area contributed by atoms with Crippen LogP contribution in [0.2, 0.25) is 0 Å². The van der Waals surface area contributed by atoms with Gasteiger partial charge in [-0.2, -0.15) is 10.2 Å². The lowest BCUT2D eigenvalue weighted by molar-refractivity contribution is 0.102. The minimum Gasteiger partial charge on any atom is -0.306 e. The van der Waals surface area contributed by atoms with Gasteiger partial charge in [-0.05, 0) is 62.7 Å². The highest BCUT2D eigenvalue weighted by Crippen LogP contribution is 2.31. The Bertz CT molecular complexity index is 1520. The Balaban J connectivity index is 1.24. The zero-order valence-corrected chi connectivity index (χ0v) is 20.7. The Morgan fingerprint density at radius 3 is 2.68 bits per heavy atom. The number of pyridine rings is 1. The summed E-state index contributed by atoms with van der Waals surface area (Å²) >= 11 is 0. The summed E-state index contributed by atoms with van der Waals surface area (Å²) in [6.07, 6.45) is 10.7. The van der Waals surface area contributed by atoms with E-state index in [1.54, 1.807) is 29.2 Å². The first-order valence-electron chi connectivity index (χ1n) is 12.5. The van der Waals surface area contributed by atoms with E-state index >= 15 is 0 Å². The fraction of sp³-hybridized carbons (Fsp3) is 0.250. The quantitative estimate of drug-likeness (QED) is 0.381. The molecule has 1 amide bonds. The maximum atomic E-state index is 13.3. The van der Waals surface area contributed by atoms with Gasteiger partial charge in [0.25, 0.3) is 5.91 Å². The Hall–Kier alpha value is -4.37. The van der Waals surface area contributed by atoms with Crippen molar-refractivity contribution in [3.8, 4) is 5.69 Å². The molecule has 0 saturated carbocycles. The zero-order valence-electron chi connectivity index (χ0n) is 20.7. The SMILES string of the molecule is Cc1ccc(-n2nc(C3CCN(Cc4cccnc4)CC3)cc2NC(=O)c2cnn3cccnc23)cc1. The van der Waals surface area contributed by atoms with Crippen LogP contribution >= 0.6 is 0 Å². The monoisotopic (exact) mass is 492 g/mol. The van der Waals surface area contributed by atoms with Gasteiger partial charge in [0.05, 0.1) is 17.6 Å². The highest BCUT2D eigenvalue weighted by molar-refractivity contribution is 6.07. The predicted molar refractivity (Wildman–Crippen MR) is 141 cm³/mol. The molecule has 0 atom stereocenters. The average molecular weight is 493 g/mol. The van der Waals surface area contributed by atoms with Crippen LogP contribution in [0.5, 0.6) is 0 Å². The Kier molecular flexibility index (Phi) is 6.20. The van der Waals surface area contributed by atoms with Gasteiger partial charge in [-0.1, -0.05) is 23.8 Å². The number of anilines is 1. The molecule has 186 valence electrons. The predicted octanol–water partition coefficient (Wildman–Crippen LogP) is 4.25. The number of aryl methyl sites for hydroxylation is 1. The van der Waals surface area contributed by atoms with Crippen LogP contribution in [-0.4, -0.2) is 53.3 Å². The van der Waals surface area contributed by atoms with Gasteiger partial charge in [0, 0.05) is 43.3 Å². The van der Waals surface area contributed by atoms with Gasteiger partial charge in [-0.25, -0.2) is 14.2 Å². The van der Waals surface area contributed by atoms with Crippen LogP contribution in [0.15, 0.2) is 79.5 Å². The van der Waals surface area contributed by atoms with Crippen LogP contribution in [0.1, 0.15) is 45.9 Å². The molecule has 1 aliphatic rings. The molecule has 1 aromatic carbocycles. The van der Waals surface area contributed by atoms with Gasteiger partial charge < -0.3 is 5.32 Å². The number of hydrogen-bond donors (Lipinski definition) is 1.